The Morgan fingerprint density at radius 3 is 2.73 bits per heavy atom. The third-order valence-electron chi connectivity index (χ3n) is 2.25. The van der Waals surface area contributed by atoms with Crippen molar-refractivity contribution in [2.24, 2.45) is 0 Å². The largest absolute Gasteiger partial charge is 0.329 e. The lowest BCUT2D eigenvalue weighted by molar-refractivity contribution is 0.202. The molecule has 1 aliphatic heterocycles. The van der Waals surface area contributed by atoms with Crippen LogP contribution in [0.4, 0.5) is 4.79 Å². The van der Waals surface area contributed by atoms with E-state index in [-0.39, 0.29) is 6.03 Å². The summed E-state index contributed by atoms with van der Waals surface area (Å²) in [6, 6.07) is 9.51. The molecule has 0 bridgehead atoms. The molecule has 1 N–H and O–H groups in total. The molecule has 1 fully saturated rings. The number of amides is 2. The van der Waals surface area contributed by atoms with E-state index in [9.17, 15) is 9.00 Å². The zero-order valence-corrected chi connectivity index (χ0v) is 9.00. The van der Waals surface area contributed by atoms with Crippen LogP contribution in [0.25, 0.3) is 0 Å². The van der Waals surface area contributed by atoms with Crippen LogP contribution in [-0.4, -0.2) is 27.4 Å². The Balaban J connectivity index is 2.01. The first-order valence-corrected chi connectivity index (χ1v) is 6.05. The molecule has 1 saturated heterocycles. The van der Waals surface area contributed by atoms with E-state index < -0.39 is 11.0 Å². The molecule has 1 atom stereocenters. The van der Waals surface area contributed by atoms with Crippen LogP contribution in [0, 0.1) is 0 Å². The number of urea groups is 1. The first kappa shape index (κ1) is 10.2. The van der Waals surface area contributed by atoms with Crippen molar-refractivity contribution in [1.29, 1.82) is 0 Å². The molecule has 1 heterocycles. The van der Waals surface area contributed by atoms with Crippen molar-refractivity contribution in [3.8, 4) is 0 Å². The number of hydrogen-bond acceptors (Lipinski definition) is 2. The van der Waals surface area contributed by atoms with Crippen LogP contribution in [0.15, 0.2) is 30.3 Å². The predicted molar refractivity (Wildman–Crippen MR) is 58.4 cm³/mol. The molecule has 2 amide bonds. The lowest BCUT2D eigenvalue weighted by Gasteiger charge is -2.26. The van der Waals surface area contributed by atoms with Gasteiger partial charge in [-0.1, -0.05) is 30.3 Å². The molecule has 0 saturated carbocycles. The van der Waals surface area contributed by atoms with E-state index >= 15 is 0 Å². The Labute approximate surface area is 90.9 Å². The van der Waals surface area contributed by atoms with Gasteiger partial charge in [0.25, 0.3) is 0 Å². The topological polar surface area (TPSA) is 49.4 Å². The maximum absolute atomic E-state index is 11.4. The van der Waals surface area contributed by atoms with Gasteiger partial charge in [-0.2, -0.15) is 0 Å². The fraction of sp³-hybridized carbons (Fsp3) is 0.300. The van der Waals surface area contributed by atoms with Gasteiger partial charge in [-0.05, 0) is 5.56 Å². The summed E-state index contributed by atoms with van der Waals surface area (Å²) < 4.78 is 13.4. The fourth-order valence-electron chi connectivity index (χ4n) is 1.46. The number of rotatable bonds is 2. The van der Waals surface area contributed by atoms with Gasteiger partial charge in [-0.25, -0.2) is 9.00 Å². The zero-order chi connectivity index (χ0) is 10.7. The van der Waals surface area contributed by atoms with Crippen LogP contribution in [-0.2, 0) is 17.5 Å². The number of carbonyl (C=O) groups is 1. The Bertz CT molecular complexity index is 380. The van der Waals surface area contributed by atoms with Gasteiger partial charge in [-0.3, -0.25) is 4.72 Å². The van der Waals surface area contributed by atoms with Crippen molar-refractivity contribution >= 4 is 17.0 Å². The SMILES string of the molecule is O=C1NS(=O)CCN1Cc1ccccc1. The smallest absolute Gasteiger partial charge is 0.319 e. The number of nitrogens with one attached hydrogen (secondary N) is 1. The summed E-state index contributed by atoms with van der Waals surface area (Å²) in [5, 5.41) is 0. The van der Waals surface area contributed by atoms with Crippen molar-refractivity contribution in [2.75, 3.05) is 12.3 Å². The quantitative estimate of drug-likeness (QED) is 0.810. The van der Waals surface area contributed by atoms with Crippen LogP contribution in [0.5, 0.6) is 0 Å². The molecule has 0 radical (unpaired) electrons. The monoisotopic (exact) mass is 224 g/mol. The highest BCUT2D eigenvalue weighted by Gasteiger charge is 2.21. The number of carbonyl (C=O) groups excluding carboxylic acids is 1. The second kappa shape index (κ2) is 4.44. The summed E-state index contributed by atoms with van der Waals surface area (Å²) in [5.41, 5.74) is 1.08. The molecule has 1 unspecified atom stereocenters. The fourth-order valence-corrected chi connectivity index (χ4v) is 2.27. The molecule has 80 valence electrons. The van der Waals surface area contributed by atoms with Gasteiger partial charge in [0.1, 0.15) is 11.0 Å². The second-order valence-corrected chi connectivity index (χ2v) is 4.67. The summed E-state index contributed by atoms with van der Waals surface area (Å²) in [5.74, 6) is 0.499. The van der Waals surface area contributed by atoms with E-state index in [0.717, 1.165) is 5.56 Å². The molecule has 0 aliphatic carbocycles. The van der Waals surface area contributed by atoms with E-state index in [4.69, 9.17) is 0 Å². The van der Waals surface area contributed by atoms with Crippen LogP contribution in [0.3, 0.4) is 0 Å². The second-order valence-electron chi connectivity index (χ2n) is 3.36. The van der Waals surface area contributed by atoms with Crippen molar-refractivity contribution in [3.05, 3.63) is 35.9 Å². The predicted octanol–water partition coefficient (Wildman–Crippen LogP) is 0.875. The Morgan fingerprint density at radius 1 is 1.33 bits per heavy atom. The minimum Gasteiger partial charge on any atom is -0.319 e. The molecular formula is C10H12N2O2S. The average molecular weight is 224 g/mol. The summed E-state index contributed by atoms with van der Waals surface area (Å²) >= 11 is 0. The summed E-state index contributed by atoms with van der Waals surface area (Å²) in [6.45, 7) is 1.12. The molecule has 0 aromatic heterocycles. The molecule has 1 aromatic carbocycles. The van der Waals surface area contributed by atoms with Gasteiger partial charge in [-0.15, -0.1) is 0 Å². The highest BCUT2D eigenvalue weighted by atomic mass is 32.2. The minimum absolute atomic E-state index is 0.247. The average Bonchev–Trinajstić information content (AvgIpc) is 2.24. The lowest BCUT2D eigenvalue weighted by atomic mass is 10.2. The van der Waals surface area contributed by atoms with Gasteiger partial charge in [0.15, 0.2) is 0 Å². The van der Waals surface area contributed by atoms with Crippen molar-refractivity contribution < 1.29 is 9.00 Å². The van der Waals surface area contributed by atoms with Gasteiger partial charge in [0.2, 0.25) is 0 Å². The van der Waals surface area contributed by atoms with E-state index in [1.54, 1.807) is 4.90 Å². The van der Waals surface area contributed by atoms with E-state index in [1.807, 2.05) is 30.3 Å². The molecule has 1 aliphatic rings. The molecule has 4 nitrogen and oxygen atoms in total. The molecular weight excluding hydrogens is 212 g/mol. The highest BCUT2D eigenvalue weighted by molar-refractivity contribution is 7.83. The van der Waals surface area contributed by atoms with Gasteiger partial charge in [0, 0.05) is 13.1 Å². The third-order valence-corrected chi connectivity index (χ3v) is 3.21. The van der Waals surface area contributed by atoms with Crippen molar-refractivity contribution in [2.45, 2.75) is 6.54 Å². The van der Waals surface area contributed by atoms with Gasteiger partial charge >= 0.3 is 6.03 Å². The zero-order valence-electron chi connectivity index (χ0n) is 8.18. The lowest BCUT2D eigenvalue weighted by Crippen LogP contribution is -2.48. The summed E-state index contributed by atoms with van der Waals surface area (Å²) in [6.07, 6.45) is 0. The Morgan fingerprint density at radius 2 is 2.07 bits per heavy atom. The molecule has 15 heavy (non-hydrogen) atoms. The molecule has 5 heteroatoms. The standard InChI is InChI=1S/C10H12N2O2S/c13-10-11-15(14)7-6-12(10)8-9-4-2-1-3-5-9/h1-5H,6-8H2,(H,11,13). The number of benzene rings is 1. The van der Waals surface area contributed by atoms with Crippen molar-refractivity contribution in [1.82, 2.24) is 9.62 Å². The Kier molecular flexibility index (Phi) is 3.01. The minimum atomic E-state index is -1.19. The van der Waals surface area contributed by atoms with Gasteiger partial charge < -0.3 is 4.90 Å². The first-order valence-electron chi connectivity index (χ1n) is 4.73. The van der Waals surface area contributed by atoms with Gasteiger partial charge in [0.05, 0.1) is 5.75 Å². The van der Waals surface area contributed by atoms with E-state index in [1.165, 1.54) is 0 Å². The van der Waals surface area contributed by atoms with Crippen LogP contribution in [0.2, 0.25) is 0 Å². The molecule has 1 aromatic rings. The van der Waals surface area contributed by atoms with E-state index in [0.29, 0.717) is 18.8 Å². The maximum Gasteiger partial charge on any atom is 0.329 e. The third kappa shape index (κ3) is 2.56. The normalized spacial score (nSPS) is 21.2. The highest BCUT2D eigenvalue weighted by Crippen LogP contribution is 2.07. The van der Waals surface area contributed by atoms with Crippen molar-refractivity contribution in [3.63, 3.8) is 0 Å². The van der Waals surface area contributed by atoms with E-state index in [2.05, 4.69) is 4.72 Å². The van der Waals surface area contributed by atoms with Crippen LogP contribution in [0.1, 0.15) is 5.56 Å². The summed E-state index contributed by atoms with van der Waals surface area (Å²) in [7, 11) is -1.19. The first-order chi connectivity index (χ1) is 7.25. The summed E-state index contributed by atoms with van der Waals surface area (Å²) in [4.78, 5) is 13.1. The van der Waals surface area contributed by atoms with Crippen LogP contribution < -0.4 is 4.72 Å². The van der Waals surface area contributed by atoms with Crippen LogP contribution >= 0.6 is 0 Å². The maximum atomic E-state index is 11.4. The Hall–Kier alpha value is -1.36. The molecule has 0 spiro atoms. The molecule has 2 rings (SSSR count). The number of hydrogen-bond donors (Lipinski definition) is 1. The number of nitrogens with zero attached hydrogens (tertiary/aromatic N) is 1.